The van der Waals surface area contributed by atoms with Gasteiger partial charge in [0, 0.05) is 65.4 Å². The van der Waals surface area contributed by atoms with Crippen LogP contribution in [0.4, 0.5) is 9.59 Å². The Hall–Kier alpha value is -3.38. The molecule has 0 aromatic heterocycles. The number of nitrogens with zero attached hydrogens (tertiary/aromatic N) is 8. The predicted molar refractivity (Wildman–Crippen MR) is 231 cm³/mol. The van der Waals surface area contributed by atoms with Crippen molar-refractivity contribution in [2.24, 2.45) is 9.98 Å². The first-order chi connectivity index (χ1) is 28.4. The molecular formula is C46H74N8O4. The standard InChI is InChI=1S/C46H74N8O4/c1-49(45(55)53(41-22-11-5-12-23-41)43(51-26-30-57-31-27-51)47-39-18-7-3-8-19-39)35-37-16-15-17-38(34-37)36-50(2)46(56)54(42-24-13-6-14-25-42)44(52-28-32-58-33-29-52)48-40-20-9-4-10-21-40/h15-17,34,39-42H,3-14,18-33,35-36H2,1-2H3. The van der Waals surface area contributed by atoms with E-state index in [2.05, 4.69) is 43.9 Å². The van der Waals surface area contributed by atoms with Crippen LogP contribution in [0.5, 0.6) is 0 Å². The van der Waals surface area contributed by atoms with E-state index in [1.165, 1.54) is 51.4 Å². The molecule has 7 rings (SSSR count). The fourth-order valence-corrected chi connectivity index (χ4v) is 10.2. The van der Waals surface area contributed by atoms with E-state index < -0.39 is 0 Å². The minimum absolute atomic E-state index is 0.0293. The van der Waals surface area contributed by atoms with Gasteiger partial charge in [0.15, 0.2) is 0 Å². The second-order valence-corrected chi connectivity index (χ2v) is 18.1. The number of morpholine rings is 2. The number of rotatable bonds is 8. The van der Waals surface area contributed by atoms with E-state index in [1.54, 1.807) is 0 Å². The summed E-state index contributed by atoms with van der Waals surface area (Å²) < 4.78 is 11.5. The molecule has 4 saturated carbocycles. The Morgan fingerprint density at radius 1 is 0.552 bits per heavy atom. The van der Waals surface area contributed by atoms with Gasteiger partial charge in [0.25, 0.3) is 0 Å². The van der Waals surface area contributed by atoms with E-state index in [1.807, 2.05) is 23.9 Å². The maximum Gasteiger partial charge on any atom is 0.327 e. The number of carbonyl (C=O) groups is 2. The summed E-state index contributed by atoms with van der Waals surface area (Å²) in [6.07, 6.45) is 22.9. The van der Waals surface area contributed by atoms with Crippen molar-refractivity contribution in [3.8, 4) is 0 Å². The van der Waals surface area contributed by atoms with Crippen molar-refractivity contribution < 1.29 is 19.1 Å². The van der Waals surface area contributed by atoms with Crippen LogP contribution in [0.1, 0.15) is 140 Å². The van der Waals surface area contributed by atoms with Crippen molar-refractivity contribution in [1.82, 2.24) is 29.4 Å². The topological polar surface area (TPSA) is 96.8 Å². The van der Waals surface area contributed by atoms with Gasteiger partial charge >= 0.3 is 12.1 Å². The van der Waals surface area contributed by atoms with Gasteiger partial charge in [-0.05, 0) is 62.5 Å². The summed E-state index contributed by atoms with van der Waals surface area (Å²) in [6, 6.07) is 9.37. The molecule has 58 heavy (non-hydrogen) atoms. The normalized spacial score (nSPS) is 22.8. The molecule has 1 aromatic rings. The number of carbonyl (C=O) groups excluding carboxylic acids is 2. The van der Waals surface area contributed by atoms with Crippen molar-refractivity contribution in [2.45, 2.75) is 166 Å². The van der Waals surface area contributed by atoms with Gasteiger partial charge in [0.05, 0.1) is 38.5 Å². The van der Waals surface area contributed by atoms with Crippen LogP contribution in [-0.4, -0.2) is 144 Å². The van der Waals surface area contributed by atoms with Crippen LogP contribution in [0.15, 0.2) is 34.3 Å². The SMILES string of the molecule is CN(Cc1cccc(CN(C)C(=O)N(C(=NC2CCCCC2)N2CCOCC2)C2CCCCC2)c1)C(=O)N(C(=NC1CCCCC1)N1CCOCC1)C1CCCCC1. The number of benzene rings is 1. The Kier molecular flexibility index (Phi) is 16.0. The zero-order valence-corrected chi connectivity index (χ0v) is 36.0. The Morgan fingerprint density at radius 2 is 0.897 bits per heavy atom. The van der Waals surface area contributed by atoms with Crippen molar-refractivity contribution in [3.05, 3.63) is 35.4 Å². The Bertz CT molecular complexity index is 1400. The number of guanidine groups is 2. The summed E-state index contributed by atoms with van der Waals surface area (Å²) in [5, 5.41) is 0. The maximum atomic E-state index is 14.8. The fourth-order valence-electron chi connectivity index (χ4n) is 10.2. The van der Waals surface area contributed by atoms with E-state index in [9.17, 15) is 9.59 Å². The first kappa shape index (κ1) is 42.7. The Morgan fingerprint density at radius 3 is 1.26 bits per heavy atom. The summed E-state index contributed by atoms with van der Waals surface area (Å²) in [5.41, 5.74) is 2.12. The van der Waals surface area contributed by atoms with Crippen LogP contribution in [0.25, 0.3) is 0 Å². The highest BCUT2D eigenvalue weighted by Crippen LogP contribution is 2.30. The Labute approximate surface area is 349 Å². The maximum absolute atomic E-state index is 14.8. The molecule has 0 bridgehead atoms. The number of aliphatic imine (C=N–C) groups is 2. The molecule has 4 aliphatic carbocycles. The van der Waals surface area contributed by atoms with Crippen LogP contribution in [0.3, 0.4) is 0 Å². The number of hydrogen-bond donors (Lipinski definition) is 0. The third-order valence-electron chi connectivity index (χ3n) is 13.5. The van der Waals surface area contributed by atoms with E-state index >= 15 is 0 Å². The summed E-state index contributed by atoms with van der Waals surface area (Å²) >= 11 is 0. The van der Waals surface area contributed by atoms with Gasteiger partial charge in [-0.15, -0.1) is 0 Å². The molecule has 0 atom stereocenters. The lowest BCUT2D eigenvalue weighted by molar-refractivity contribution is 0.0592. The van der Waals surface area contributed by atoms with E-state index in [0.29, 0.717) is 39.5 Å². The molecule has 2 saturated heterocycles. The molecule has 0 unspecified atom stereocenters. The summed E-state index contributed by atoms with van der Waals surface area (Å²) in [6.45, 7) is 6.67. The zero-order chi connectivity index (χ0) is 40.1. The first-order valence-corrected chi connectivity index (χ1v) is 23.4. The molecule has 322 valence electrons. The predicted octanol–water partition coefficient (Wildman–Crippen LogP) is 8.10. The summed E-state index contributed by atoms with van der Waals surface area (Å²) in [4.78, 5) is 53.1. The molecule has 0 N–H and O–H groups in total. The molecule has 12 heteroatoms. The lowest BCUT2D eigenvalue weighted by Gasteiger charge is -2.42. The highest BCUT2D eigenvalue weighted by Gasteiger charge is 2.37. The third-order valence-corrected chi connectivity index (χ3v) is 13.5. The van der Waals surface area contributed by atoms with Crippen LogP contribution in [0, 0.1) is 0 Å². The number of ether oxygens (including phenoxy) is 2. The van der Waals surface area contributed by atoms with Crippen molar-refractivity contribution in [2.75, 3.05) is 66.7 Å². The van der Waals surface area contributed by atoms with E-state index in [-0.39, 0.29) is 36.2 Å². The van der Waals surface area contributed by atoms with Crippen molar-refractivity contribution in [1.29, 1.82) is 0 Å². The van der Waals surface area contributed by atoms with Crippen LogP contribution in [-0.2, 0) is 22.6 Å². The Balaban J connectivity index is 1.09. The molecule has 2 heterocycles. The van der Waals surface area contributed by atoms with Gasteiger partial charge in [-0.1, -0.05) is 101 Å². The van der Waals surface area contributed by atoms with Gasteiger partial charge in [0.1, 0.15) is 0 Å². The monoisotopic (exact) mass is 803 g/mol. The molecule has 6 aliphatic rings. The molecule has 0 radical (unpaired) electrons. The van der Waals surface area contributed by atoms with Gasteiger partial charge in [-0.3, -0.25) is 9.80 Å². The number of hydrogen-bond acceptors (Lipinski definition) is 6. The van der Waals surface area contributed by atoms with Gasteiger partial charge < -0.3 is 29.1 Å². The molecule has 2 aliphatic heterocycles. The summed E-state index contributed by atoms with van der Waals surface area (Å²) in [5.74, 6) is 1.75. The third kappa shape index (κ3) is 11.5. The minimum Gasteiger partial charge on any atom is -0.378 e. The minimum atomic E-state index is 0.0293. The van der Waals surface area contributed by atoms with Crippen LogP contribution in [0.2, 0.25) is 0 Å². The second-order valence-electron chi connectivity index (χ2n) is 18.1. The van der Waals surface area contributed by atoms with Crippen LogP contribution < -0.4 is 0 Å². The zero-order valence-electron chi connectivity index (χ0n) is 36.0. The largest absolute Gasteiger partial charge is 0.378 e. The molecule has 12 nitrogen and oxygen atoms in total. The highest BCUT2D eigenvalue weighted by molar-refractivity contribution is 5.97. The molecule has 6 fully saturated rings. The smallest absolute Gasteiger partial charge is 0.327 e. The first-order valence-electron chi connectivity index (χ1n) is 23.4. The number of urea groups is 2. The van der Waals surface area contributed by atoms with E-state index in [4.69, 9.17) is 19.5 Å². The lowest BCUT2D eigenvalue weighted by atomic mass is 9.94. The molecule has 4 amide bonds. The number of amides is 4. The molecule has 1 aromatic carbocycles. The fraction of sp³-hybridized carbons (Fsp3) is 0.783. The molecular weight excluding hydrogens is 729 g/mol. The van der Waals surface area contributed by atoms with Crippen LogP contribution >= 0.6 is 0 Å². The second kappa shape index (κ2) is 21.7. The van der Waals surface area contributed by atoms with Crippen molar-refractivity contribution in [3.63, 3.8) is 0 Å². The van der Waals surface area contributed by atoms with E-state index in [0.717, 1.165) is 126 Å². The summed E-state index contributed by atoms with van der Waals surface area (Å²) in [7, 11) is 3.89. The van der Waals surface area contributed by atoms with Crippen molar-refractivity contribution >= 4 is 24.0 Å². The average Bonchev–Trinajstić information content (AvgIpc) is 3.28. The lowest BCUT2D eigenvalue weighted by Crippen LogP contribution is -2.58. The quantitative estimate of drug-likeness (QED) is 0.195. The molecule has 0 spiro atoms. The van der Waals surface area contributed by atoms with Gasteiger partial charge in [-0.2, -0.15) is 0 Å². The highest BCUT2D eigenvalue weighted by atomic mass is 16.5. The van der Waals surface area contributed by atoms with Gasteiger partial charge in [-0.25, -0.2) is 19.6 Å². The average molecular weight is 803 g/mol. The van der Waals surface area contributed by atoms with Gasteiger partial charge in [0.2, 0.25) is 11.9 Å².